The van der Waals surface area contributed by atoms with Gasteiger partial charge in [-0.05, 0) is 30.3 Å². The molecule has 0 unspecified atom stereocenters. The lowest BCUT2D eigenvalue weighted by atomic mass is 10.2. The van der Waals surface area contributed by atoms with Crippen LogP contribution in [-0.4, -0.2) is 9.97 Å². The number of pyridine rings is 2. The molecule has 0 saturated carbocycles. The number of furan rings is 1. The van der Waals surface area contributed by atoms with Crippen molar-refractivity contribution in [3.8, 4) is 0 Å². The molecule has 3 nitrogen and oxygen atoms in total. The van der Waals surface area contributed by atoms with E-state index in [0.29, 0.717) is 0 Å². The lowest BCUT2D eigenvalue weighted by molar-refractivity contribution is 0.519. The molecule has 3 rings (SSSR count). The maximum Gasteiger partial charge on any atom is 0.109 e. The molecule has 0 atom stereocenters. The number of hydrogen-bond acceptors (Lipinski definition) is 3. The van der Waals surface area contributed by atoms with Gasteiger partial charge < -0.3 is 4.42 Å². The van der Waals surface area contributed by atoms with Gasteiger partial charge in [-0.15, -0.1) is 0 Å². The van der Waals surface area contributed by atoms with Crippen LogP contribution in [0.2, 0.25) is 0 Å². The highest BCUT2D eigenvalue weighted by atomic mass is 16.3. The second-order valence-electron chi connectivity index (χ2n) is 3.63. The minimum absolute atomic E-state index is 0.727. The summed E-state index contributed by atoms with van der Waals surface area (Å²) >= 11 is 0. The molecule has 3 aromatic heterocycles. The topological polar surface area (TPSA) is 38.9 Å². The summed E-state index contributed by atoms with van der Waals surface area (Å²) in [5, 5.41) is 1.06. The van der Waals surface area contributed by atoms with Gasteiger partial charge in [-0.2, -0.15) is 0 Å². The van der Waals surface area contributed by atoms with Crippen molar-refractivity contribution < 1.29 is 4.42 Å². The Morgan fingerprint density at radius 2 is 2.12 bits per heavy atom. The normalized spacial score (nSPS) is 10.8. The van der Waals surface area contributed by atoms with E-state index in [1.807, 2.05) is 36.5 Å². The van der Waals surface area contributed by atoms with Crippen LogP contribution >= 0.6 is 0 Å². The van der Waals surface area contributed by atoms with Crippen molar-refractivity contribution in [2.75, 3.05) is 0 Å². The van der Waals surface area contributed by atoms with Gasteiger partial charge in [0.25, 0.3) is 0 Å². The second-order valence-corrected chi connectivity index (χ2v) is 3.63. The Balaban J connectivity index is 1.99. The Morgan fingerprint density at radius 3 is 3.00 bits per heavy atom. The van der Waals surface area contributed by atoms with Crippen LogP contribution in [0, 0.1) is 0 Å². The average molecular weight is 210 g/mol. The van der Waals surface area contributed by atoms with Gasteiger partial charge in [0.05, 0.1) is 11.8 Å². The third-order valence-corrected chi connectivity index (χ3v) is 2.48. The maximum absolute atomic E-state index is 5.30. The number of fused-ring (bicyclic) bond motifs is 1. The van der Waals surface area contributed by atoms with Crippen molar-refractivity contribution in [1.29, 1.82) is 0 Å². The van der Waals surface area contributed by atoms with Crippen LogP contribution in [0.4, 0.5) is 0 Å². The Bertz CT molecular complexity index is 602. The molecule has 0 amide bonds. The molecule has 3 aromatic rings. The summed E-state index contributed by atoms with van der Waals surface area (Å²) in [6.07, 6.45) is 5.98. The van der Waals surface area contributed by atoms with Gasteiger partial charge in [0.1, 0.15) is 5.76 Å². The standard InChI is InChI=1S/C13H10N2O/c1-2-12(16-7-1)8-11-4-3-10-9-14-6-5-13(10)15-11/h1-7,9H,8H2. The number of rotatable bonds is 2. The summed E-state index contributed by atoms with van der Waals surface area (Å²) in [5.74, 6) is 0.931. The zero-order chi connectivity index (χ0) is 10.8. The van der Waals surface area contributed by atoms with E-state index in [1.165, 1.54) is 0 Å². The molecular weight excluding hydrogens is 200 g/mol. The van der Waals surface area contributed by atoms with Crippen LogP contribution < -0.4 is 0 Å². The highest BCUT2D eigenvalue weighted by Crippen LogP contribution is 2.13. The van der Waals surface area contributed by atoms with E-state index in [-0.39, 0.29) is 0 Å². The number of nitrogens with zero attached hydrogens (tertiary/aromatic N) is 2. The Hall–Kier alpha value is -2.16. The third kappa shape index (κ3) is 1.67. The second kappa shape index (κ2) is 3.77. The van der Waals surface area contributed by atoms with E-state index in [2.05, 4.69) is 9.97 Å². The molecule has 0 aliphatic carbocycles. The maximum atomic E-state index is 5.30. The zero-order valence-electron chi connectivity index (χ0n) is 8.63. The van der Waals surface area contributed by atoms with Crippen molar-refractivity contribution in [1.82, 2.24) is 9.97 Å². The van der Waals surface area contributed by atoms with Crippen LogP contribution in [0.5, 0.6) is 0 Å². The molecule has 0 bridgehead atoms. The zero-order valence-corrected chi connectivity index (χ0v) is 8.63. The molecule has 0 aromatic carbocycles. The van der Waals surface area contributed by atoms with E-state index in [0.717, 1.165) is 28.8 Å². The molecule has 0 radical (unpaired) electrons. The first-order valence-corrected chi connectivity index (χ1v) is 5.14. The van der Waals surface area contributed by atoms with Crippen molar-refractivity contribution in [3.05, 3.63) is 60.4 Å². The largest absolute Gasteiger partial charge is 0.469 e. The minimum Gasteiger partial charge on any atom is -0.469 e. The third-order valence-electron chi connectivity index (χ3n) is 2.48. The molecule has 16 heavy (non-hydrogen) atoms. The summed E-state index contributed by atoms with van der Waals surface area (Å²) < 4.78 is 5.30. The summed E-state index contributed by atoms with van der Waals surface area (Å²) in [6.45, 7) is 0. The summed E-state index contributed by atoms with van der Waals surface area (Å²) in [7, 11) is 0. The van der Waals surface area contributed by atoms with Crippen molar-refractivity contribution in [3.63, 3.8) is 0 Å². The molecule has 0 saturated heterocycles. The van der Waals surface area contributed by atoms with Crippen LogP contribution in [0.3, 0.4) is 0 Å². The summed E-state index contributed by atoms with van der Waals surface area (Å²) in [5.41, 5.74) is 1.98. The van der Waals surface area contributed by atoms with E-state index in [4.69, 9.17) is 4.42 Å². The lowest BCUT2D eigenvalue weighted by Crippen LogP contribution is -1.91. The lowest BCUT2D eigenvalue weighted by Gasteiger charge is -2.00. The molecule has 0 N–H and O–H groups in total. The monoisotopic (exact) mass is 210 g/mol. The smallest absolute Gasteiger partial charge is 0.109 e. The molecule has 78 valence electrons. The Morgan fingerprint density at radius 1 is 1.12 bits per heavy atom. The van der Waals surface area contributed by atoms with Crippen LogP contribution in [0.15, 0.2) is 53.4 Å². The van der Waals surface area contributed by atoms with Crippen molar-refractivity contribution >= 4 is 10.9 Å². The molecule has 3 heteroatoms. The van der Waals surface area contributed by atoms with Crippen molar-refractivity contribution in [2.24, 2.45) is 0 Å². The van der Waals surface area contributed by atoms with E-state index >= 15 is 0 Å². The Kier molecular flexibility index (Phi) is 2.14. The first-order valence-electron chi connectivity index (χ1n) is 5.14. The van der Waals surface area contributed by atoms with Gasteiger partial charge in [0, 0.05) is 29.9 Å². The quantitative estimate of drug-likeness (QED) is 0.652. The minimum atomic E-state index is 0.727. The van der Waals surface area contributed by atoms with E-state index < -0.39 is 0 Å². The molecular formula is C13H10N2O. The van der Waals surface area contributed by atoms with Crippen LogP contribution in [-0.2, 0) is 6.42 Å². The van der Waals surface area contributed by atoms with Gasteiger partial charge >= 0.3 is 0 Å². The predicted molar refractivity (Wildman–Crippen MR) is 61.1 cm³/mol. The van der Waals surface area contributed by atoms with Crippen LogP contribution in [0.25, 0.3) is 10.9 Å². The van der Waals surface area contributed by atoms with Crippen LogP contribution in [0.1, 0.15) is 11.5 Å². The SMILES string of the molecule is c1coc(Cc2ccc3cnccc3n2)c1. The highest BCUT2D eigenvalue weighted by Gasteiger charge is 2.01. The van der Waals surface area contributed by atoms with Gasteiger partial charge in [0.15, 0.2) is 0 Å². The molecule has 0 fully saturated rings. The number of hydrogen-bond donors (Lipinski definition) is 0. The molecule has 0 aliphatic heterocycles. The van der Waals surface area contributed by atoms with E-state index in [9.17, 15) is 0 Å². The molecule has 0 aliphatic rings. The summed E-state index contributed by atoms with van der Waals surface area (Å²) in [6, 6.07) is 9.81. The van der Waals surface area contributed by atoms with E-state index in [1.54, 1.807) is 12.5 Å². The fourth-order valence-electron chi connectivity index (χ4n) is 1.70. The first-order chi connectivity index (χ1) is 7.92. The first kappa shape index (κ1) is 9.09. The Labute approximate surface area is 92.8 Å². The fourth-order valence-corrected chi connectivity index (χ4v) is 1.70. The van der Waals surface area contributed by atoms with Crippen molar-refractivity contribution in [2.45, 2.75) is 6.42 Å². The van der Waals surface area contributed by atoms with Gasteiger partial charge in [0.2, 0.25) is 0 Å². The number of aromatic nitrogens is 2. The molecule has 0 spiro atoms. The predicted octanol–water partition coefficient (Wildman–Crippen LogP) is 2.81. The highest BCUT2D eigenvalue weighted by molar-refractivity contribution is 5.77. The van der Waals surface area contributed by atoms with Gasteiger partial charge in [-0.1, -0.05) is 0 Å². The van der Waals surface area contributed by atoms with Gasteiger partial charge in [-0.25, -0.2) is 0 Å². The average Bonchev–Trinajstić information content (AvgIpc) is 2.82. The fraction of sp³-hybridized carbons (Fsp3) is 0.0769. The molecule has 3 heterocycles. The summed E-state index contributed by atoms with van der Waals surface area (Å²) in [4.78, 5) is 8.61. The van der Waals surface area contributed by atoms with Gasteiger partial charge in [-0.3, -0.25) is 9.97 Å².